The Kier molecular flexibility index (Phi) is 4.61. The van der Waals surface area contributed by atoms with E-state index in [4.69, 9.17) is 9.47 Å². The first kappa shape index (κ1) is 14.8. The van der Waals surface area contributed by atoms with Gasteiger partial charge >= 0.3 is 0 Å². The SMILES string of the molecule is C=CCCCC1(OC)CCc2c(OC)cccc2C1=O. The number of methoxy groups -OCH3 is 2. The molecule has 0 heterocycles. The lowest BCUT2D eigenvalue weighted by Gasteiger charge is -2.36. The van der Waals surface area contributed by atoms with Crippen molar-refractivity contribution in [3.8, 4) is 5.75 Å². The second-order valence-electron chi connectivity index (χ2n) is 5.19. The standard InChI is InChI=1S/C17H22O3/c1-4-5-6-11-17(20-3)12-10-13-14(16(17)18)8-7-9-15(13)19-2/h4,7-9H,1,5-6,10-12H2,2-3H3. The Bertz CT molecular complexity index is 507. The van der Waals surface area contributed by atoms with E-state index >= 15 is 0 Å². The minimum atomic E-state index is -0.678. The predicted octanol–water partition coefficient (Wildman–Crippen LogP) is 3.57. The zero-order chi connectivity index (χ0) is 14.6. The number of ether oxygens (including phenoxy) is 2. The van der Waals surface area contributed by atoms with Crippen LogP contribution in [0.2, 0.25) is 0 Å². The van der Waals surface area contributed by atoms with Gasteiger partial charge in [-0.05, 0) is 38.2 Å². The molecule has 0 aromatic heterocycles. The number of unbranched alkanes of at least 4 members (excludes halogenated alkanes) is 1. The molecule has 0 radical (unpaired) electrons. The Balaban J connectivity index is 2.31. The fraction of sp³-hybridized carbons (Fsp3) is 0.471. The molecule has 0 fully saturated rings. The average Bonchev–Trinajstić information content (AvgIpc) is 2.49. The first-order valence-electron chi connectivity index (χ1n) is 7.05. The summed E-state index contributed by atoms with van der Waals surface area (Å²) in [6.07, 6.45) is 5.98. The van der Waals surface area contributed by atoms with Crippen molar-refractivity contribution in [1.29, 1.82) is 0 Å². The molecule has 1 atom stereocenters. The summed E-state index contributed by atoms with van der Waals surface area (Å²) < 4.78 is 11.0. The predicted molar refractivity (Wildman–Crippen MR) is 79.4 cm³/mol. The van der Waals surface area contributed by atoms with Gasteiger partial charge in [-0.15, -0.1) is 6.58 Å². The van der Waals surface area contributed by atoms with E-state index in [0.717, 1.165) is 42.6 Å². The number of hydrogen-bond donors (Lipinski definition) is 0. The molecule has 0 aliphatic heterocycles. The highest BCUT2D eigenvalue weighted by Gasteiger charge is 2.42. The van der Waals surface area contributed by atoms with Gasteiger partial charge in [0.15, 0.2) is 5.78 Å². The molecule has 0 bridgehead atoms. The minimum Gasteiger partial charge on any atom is -0.496 e. The average molecular weight is 274 g/mol. The van der Waals surface area contributed by atoms with Crippen LogP contribution in [0.3, 0.4) is 0 Å². The lowest BCUT2D eigenvalue weighted by Crippen LogP contribution is -2.44. The molecular formula is C17H22O3. The molecule has 0 N–H and O–H groups in total. The van der Waals surface area contributed by atoms with E-state index < -0.39 is 5.60 Å². The molecule has 108 valence electrons. The van der Waals surface area contributed by atoms with Gasteiger partial charge in [0.05, 0.1) is 7.11 Å². The highest BCUT2D eigenvalue weighted by atomic mass is 16.5. The highest BCUT2D eigenvalue weighted by Crippen LogP contribution is 2.38. The van der Waals surface area contributed by atoms with E-state index in [1.807, 2.05) is 24.3 Å². The number of rotatable bonds is 6. The Morgan fingerprint density at radius 3 is 2.85 bits per heavy atom. The van der Waals surface area contributed by atoms with Crippen molar-refractivity contribution in [2.75, 3.05) is 14.2 Å². The summed E-state index contributed by atoms with van der Waals surface area (Å²) in [5, 5.41) is 0. The van der Waals surface area contributed by atoms with Crippen LogP contribution < -0.4 is 4.74 Å². The highest BCUT2D eigenvalue weighted by molar-refractivity contribution is 6.05. The van der Waals surface area contributed by atoms with Gasteiger partial charge < -0.3 is 9.47 Å². The molecule has 0 amide bonds. The van der Waals surface area contributed by atoms with Gasteiger partial charge in [-0.25, -0.2) is 0 Å². The Morgan fingerprint density at radius 1 is 1.40 bits per heavy atom. The van der Waals surface area contributed by atoms with Crippen LogP contribution >= 0.6 is 0 Å². The van der Waals surface area contributed by atoms with Gasteiger partial charge in [-0.3, -0.25) is 4.79 Å². The Hall–Kier alpha value is -1.61. The third-order valence-electron chi connectivity index (χ3n) is 4.17. The number of benzene rings is 1. The Labute approximate surface area is 120 Å². The number of ketones is 1. The summed E-state index contributed by atoms with van der Waals surface area (Å²) in [7, 11) is 3.28. The maximum Gasteiger partial charge on any atom is 0.195 e. The topological polar surface area (TPSA) is 35.5 Å². The summed E-state index contributed by atoms with van der Waals surface area (Å²) in [4.78, 5) is 12.8. The third-order valence-corrected chi connectivity index (χ3v) is 4.17. The van der Waals surface area contributed by atoms with E-state index in [-0.39, 0.29) is 5.78 Å². The summed E-state index contributed by atoms with van der Waals surface area (Å²) in [6, 6.07) is 5.65. The first-order valence-corrected chi connectivity index (χ1v) is 7.05. The number of hydrogen-bond acceptors (Lipinski definition) is 3. The number of fused-ring (bicyclic) bond motifs is 1. The van der Waals surface area contributed by atoms with Crippen LogP contribution in [0.15, 0.2) is 30.9 Å². The molecule has 0 saturated carbocycles. The fourth-order valence-corrected chi connectivity index (χ4v) is 2.98. The van der Waals surface area contributed by atoms with Crippen molar-refractivity contribution in [1.82, 2.24) is 0 Å². The quantitative estimate of drug-likeness (QED) is 0.587. The fourth-order valence-electron chi connectivity index (χ4n) is 2.98. The summed E-state index contributed by atoms with van der Waals surface area (Å²) in [5.41, 5.74) is 1.08. The molecule has 0 spiro atoms. The molecule has 3 nitrogen and oxygen atoms in total. The summed E-state index contributed by atoms with van der Waals surface area (Å²) >= 11 is 0. The molecule has 20 heavy (non-hydrogen) atoms. The third kappa shape index (κ3) is 2.50. The number of carbonyl (C=O) groups is 1. The van der Waals surface area contributed by atoms with E-state index in [1.54, 1.807) is 14.2 Å². The lowest BCUT2D eigenvalue weighted by molar-refractivity contribution is -0.0118. The maximum absolute atomic E-state index is 12.8. The summed E-state index contributed by atoms with van der Waals surface area (Å²) in [6.45, 7) is 3.73. The molecule has 0 saturated heterocycles. The van der Waals surface area contributed by atoms with Gasteiger partial charge in [-0.1, -0.05) is 18.2 Å². The smallest absolute Gasteiger partial charge is 0.195 e. The van der Waals surface area contributed by atoms with E-state index in [1.165, 1.54) is 0 Å². The molecule has 1 aliphatic carbocycles. The van der Waals surface area contributed by atoms with Crippen LogP contribution in [-0.4, -0.2) is 25.6 Å². The molecular weight excluding hydrogens is 252 g/mol. The van der Waals surface area contributed by atoms with Crippen LogP contribution in [0.5, 0.6) is 5.75 Å². The van der Waals surface area contributed by atoms with Crippen molar-refractivity contribution in [2.24, 2.45) is 0 Å². The van der Waals surface area contributed by atoms with Crippen LogP contribution in [-0.2, 0) is 11.2 Å². The van der Waals surface area contributed by atoms with Crippen LogP contribution in [0.4, 0.5) is 0 Å². The van der Waals surface area contributed by atoms with Crippen molar-refractivity contribution in [3.05, 3.63) is 42.0 Å². The van der Waals surface area contributed by atoms with Crippen LogP contribution in [0.25, 0.3) is 0 Å². The lowest BCUT2D eigenvalue weighted by atomic mass is 9.76. The van der Waals surface area contributed by atoms with Crippen molar-refractivity contribution < 1.29 is 14.3 Å². The van der Waals surface area contributed by atoms with Gasteiger partial charge in [0.1, 0.15) is 11.4 Å². The maximum atomic E-state index is 12.8. The normalized spacial score (nSPS) is 21.4. The largest absolute Gasteiger partial charge is 0.496 e. The molecule has 3 heteroatoms. The molecule has 1 aromatic rings. The molecule has 1 unspecified atom stereocenters. The van der Waals surface area contributed by atoms with E-state index in [9.17, 15) is 4.79 Å². The minimum absolute atomic E-state index is 0.0872. The summed E-state index contributed by atoms with van der Waals surface area (Å²) in [5.74, 6) is 0.885. The van der Waals surface area contributed by atoms with Crippen LogP contribution in [0, 0.1) is 0 Å². The zero-order valence-electron chi connectivity index (χ0n) is 12.3. The van der Waals surface area contributed by atoms with Crippen molar-refractivity contribution in [2.45, 2.75) is 37.7 Å². The number of carbonyl (C=O) groups excluding carboxylic acids is 1. The first-order chi connectivity index (χ1) is 9.68. The van der Waals surface area contributed by atoms with Crippen molar-refractivity contribution >= 4 is 5.78 Å². The van der Waals surface area contributed by atoms with E-state index in [0.29, 0.717) is 6.42 Å². The second-order valence-corrected chi connectivity index (χ2v) is 5.19. The molecule has 1 aromatic carbocycles. The van der Waals surface area contributed by atoms with Gasteiger partial charge in [0, 0.05) is 18.2 Å². The van der Waals surface area contributed by atoms with Gasteiger partial charge in [0.25, 0.3) is 0 Å². The zero-order valence-corrected chi connectivity index (χ0v) is 12.3. The van der Waals surface area contributed by atoms with Gasteiger partial charge in [-0.2, -0.15) is 0 Å². The molecule has 1 aliphatic rings. The molecule has 2 rings (SSSR count). The Morgan fingerprint density at radius 2 is 2.20 bits per heavy atom. The second kappa shape index (κ2) is 6.23. The number of Topliss-reactive ketones (excluding diaryl/α,β-unsaturated/α-hetero) is 1. The number of allylic oxidation sites excluding steroid dienone is 1. The van der Waals surface area contributed by atoms with E-state index in [2.05, 4.69) is 6.58 Å². The van der Waals surface area contributed by atoms with Gasteiger partial charge in [0.2, 0.25) is 0 Å². The monoisotopic (exact) mass is 274 g/mol. The van der Waals surface area contributed by atoms with Crippen LogP contribution in [0.1, 0.15) is 41.6 Å². The van der Waals surface area contributed by atoms with Crippen molar-refractivity contribution in [3.63, 3.8) is 0 Å².